The number of nitrogens with zero attached hydrogens (tertiary/aromatic N) is 1. The van der Waals surface area contributed by atoms with Crippen LogP contribution in [0.15, 0.2) is 22.8 Å². The van der Waals surface area contributed by atoms with Crippen molar-refractivity contribution in [3.63, 3.8) is 0 Å². The molecule has 1 aliphatic rings. The lowest BCUT2D eigenvalue weighted by Gasteiger charge is -2.10. The van der Waals surface area contributed by atoms with Gasteiger partial charge in [0.15, 0.2) is 0 Å². The van der Waals surface area contributed by atoms with Gasteiger partial charge in [-0.05, 0) is 59.8 Å². The summed E-state index contributed by atoms with van der Waals surface area (Å²) in [5, 5.41) is 3.85. The van der Waals surface area contributed by atoms with Gasteiger partial charge in [-0.25, -0.2) is 0 Å². The fourth-order valence-corrected chi connectivity index (χ4v) is 2.73. The largest absolute Gasteiger partial charge is 0.311 e. The van der Waals surface area contributed by atoms with Gasteiger partial charge in [0.1, 0.15) is 0 Å². The standard InChI is InChI=1S/C12H16BrClN2/c13-10-2-4-12(16-7-10)8-15-6-9-1-3-11(14)5-9/h2,4,7,9,11,15H,1,3,5-6,8H2. The molecule has 0 bridgehead atoms. The van der Waals surface area contributed by atoms with E-state index in [9.17, 15) is 0 Å². The molecule has 16 heavy (non-hydrogen) atoms. The van der Waals surface area contributed by atoms with Crippen LogP contribution in [0.4, 0.5) is 0 Å². The molecule has 1 aliphatic carbocycles. The van der Waals surface area contributed by atoms with E-state index < -0.39 is 0 Å². The van der Waals surface area contributed by atoms with E-state index in [1.165, 1.54) is 12.8 Å². The summed E-state index contributed by atoms with van der Waals surface area (Å²) in [7, 11) is 0. The Morgan fingerprint density at radius 1 is 1.44 bits per heavy atom. The number of hydrogen-bond donors (Lipinski definition) is 1. The molecule has 0 spiro atoms. The summed E-state index contributed by atoms with van der Waals surface area (Å²) < 4.78 is 1.03. The highest BCUT2D eigenvalue weighted by Gasteiger charge is 2.22. The van der Waals surface area contributed by atoms with Crippen LogP contribution >= 0.6 is 27.5 Å². The van der Waals surface area contributed by atoms with Crippen LogP contribution in [0.25, 0.3) is 0 Å². The molecule has 1 aromatic rings. The molecule has 4 heteroatoms. The van der Waals surface area contributed by atoms with Crippen molar-refractivity contribution in [1.82, 2.24) is 10.3 Å². The minimum atomic E-state index is 0.401. The molecule has 1 aromatic heterocycles. The fourth-order valence-electron chi connectivity index (χ4n) is 2.11. The first-order valence-corrected chi connectivity index (χ1v) is 6.92. The highest BCUT2D eigenvalue weighted by atomic mass is 79.9. The summed E-state index contributed by atoms with van der Waals surface area (Å²) in [6.07, 6.45) is 5.42. The molecule has 2 rings (SSSR count). The number of nitrogens with one attached hydrogen (secondary N) is 1. The minimum absolute atomic E-state index is 0.401. The quantitative estimate of drug-likeness (QED) is 0.863. The Balaban J connectivity index is 1.70. The Morgan fingerprint density at radius 3 is 2.94 bits per heavy atom. The Kier molecular flexibility index (Phi) is 4.62. The molecular weight excluding hydrogens is 288 g/mol. The summed E-state index contributed by atoms with van der Waals surface area (Å²) >= 11 is 9.45. The third-order valence-electron chi connectivity index (χ3n) is 3.01. The molecule has 1 saturated carbocycles. The van der Waals surface area contributed by atoms with E-state index in [4.69, 9.17) is 11.6 Å². The van der Waals surface area contributed by atoms with Crippen LogP contribution in [-0.2, 0) is 6.54 Å². The van der Waals surface area contributed by atoms with Crippen molar-refractivity contribution in [2.75, 3.05) is 6.54 Å². The maximum atomic E-state index is 6.07. The predicted octanol–water partition coefficient (Wildman–Crippen LogP) is 3.34. The zero-order valence-electron chi connectivity index (χ0n) is 9.13. The van der Waals surface area contributed by atoms with E-state index in [1.54, 1.807) is 0 Å². The van der Waals surface area contributed by atoms with Gasteiger partial charge in [0, 0.05) is 22.6 Å². The second-order valence-electron chi connectivity index (χ2n) is 4.38. The first-order valence-electron chi connectivity index (χ1n) is 5.69. The van der Waals surface area contributed by atoms with Crippen LogP contribution in [0, 0.1) is 5.92 Å². The van der Waals surface area contributed by atoms with Gasteiger partial charge in [0.05, 0.1) is 5.69 Å². The zero-order valence-corrected chi connectivity index (χ0v) is 11.5. The minimum Gasteiger partial charge on any atom is -0.311 e. The summed E-state index contributed by atoms with van der Waals surface area (Å²) in [6, 6.07) is 4.06. The molecule has 0 aliphatic heterocycles. The normalized spacial score (nSPS) is 24.9. The second kappa shape index (κ2) is 5.99. The van der Waals surface area contributed by atoms with Crippen molar-refractivity contribution in [1.29, 1.82) is 0 Å². The predicted molar refractivity (Wildman–Crippen MR) is 70.6 cm³/mol. The first-order chi connectivity index (χ1) is 7.74. The van der Waals surface area contributed by atoms with Gasteiger partial charge < -0.3 is 5.32 Å². The molecule has 2 atom stereocenters. The zero-order chi connectivity index (χ0) is 11.4. The molecule has 0 saturated heterocycles. The van der Waals surface area contributed by atoms with Crippen molar-refractivity contribution in [3.8, 4) is 0 Å². The average molecular weight is 304 g/mol. The van der Waals surface area contributed by atoms with E-state index in [0.29, 0.717) is 5.38 Å². The van der Waals surface area contributed by atoms with E-state index in [-0.39, 0.29) is 0 Å². The van der Waals surface area contributed by atoms with Crippen LogP contribution < -0.4 is 5.32 Å². The average Bonchev–Trinajstić information content (AvgIpc) is 2.67. The second-order valence-corrected chi connectivity index (χ2v) is 5.91. The smallest absolute Gasteiger partial charge is 0.0542 e. The van der Waals surface area contributed by atoms with E-state index >= 15 is 0 Å². The van der Waals surface area contributed by atoms with Crippen molar-refractivity contribution in [2.45, 2.75) is 31.2 Å². The lowest BCUT2D eigenvalue weighted by atomic mass is 10.1. The van der Waals surface area contributed by atoms with Gasteiger partial charge in [-0.15, -0.1) is 11.6 Å². The van der Waals surface area contributed by atoms with Crippen LogP contribution in [0.2, 0.25) is 0 Å². The third kappa shape index (κ3) is 3.72. The summed E-state index contributed by atoms with van der Waals surface area (Å²) in [4.78, 5) is 4.32. The van der Waals surface area contributed by atoms with E-state index in [1.807, 2.05) is 18.3 Å². The number of hydrogen-bond acceptors (Lipinski definition) is 2. The SMILES string of the molecule is ClC1CCC(CNCc2ccc(Br)cn2)C1. The Hall–Kier alpha value is -0.120. The first kappa shape index (κ1) is 12.3. The van der Waals surface area contributed by atoms with Crippen LogP contribution in [0.5, 0.6) is 0 Å². The summed E-state index contributed by atoms with van der Waals surface area (Å²) in [5.41, 5.74) is 1.09. The van der Waals surface area contributed by atoms with Gasteiger partial charge in [0.25, 0.3) is 0 Å². The molecule has 2 nitrogen and oxygen atoms in total. The number of pyridine rings is 1. The highest BCUT2D eigenvalue weighted by Crippen LogP contribution is 2.28. The van der Waals surface area contributed by atoms with Gasteiger partial charge in [-0.1, -0.05) is 0 Å². The summed E-state index contributed by atoms with van der Waals surface area (Å²) in [6.45, 7) is 1.90. The van der Waals surface area contributed by atoms with Gasteiger partial charge in [-0.3, -0.25) is 4.98 Å². The Labute approximate surface area is 110 Å². The van der Waals surface area contributed by atoms with Crippen LogP contribution in [-0.4, -0.2) is 16.9 Å². The molecular formula is C12H16BrClN2. The lowest BCUT2D eigenvalue weighted by molar-refractivity contribution is 0.487. The van der Waals surface area contributed by atoms with Crippen molar-refractivity contribution in [2.24, 2.45) is 5.92 Å². The molecule has 0 radical (unpaired) electrons. The summed E-state index contributed by atoms with van der Waals surface area (Å²) in [5.74, 6) is 0.748. The highest BCUT2D eigenvalue weighted by molar-refractivity contribution is 9.10. The number of aromatic nitrogens is 1. The monoisotopic (exact) mass is 302 g/mol. The maximum absolute atomic E-state index is 6.07. The van der Waals surface area contributed by atoms with Crippen LogP contribution in [0.1, 0.15) is 25.0 Å². The molecule has 1 fully saturated rings. The van der Waals surface area contributed by atoms with E-state index in [0.717, 1.165) is 35.6 Å². The fraction of sp³-hybridized carbons (Fsp3) is 0.583. The molecule has 88 valence electrons. The van der Waals surface area contributed by atoms with Crippen molar-refractivity contribution in [3.05, 3.63) is 28.5 Å². The third-order valence-corrected chi connectivity index (χ3v) is 3.87. The topological polar surface area (TPSA) is 24.9 Å². The van der Waals surface area contributed by atoms with Crippen LogP contribution in [0.3, 0.4) is 0 Å². The maximum Gasteiger partial charge on any atom is 0.0542 e. The van der Waals surface area contributed by atoms with Gasteiger partial charge >= 0.3 is 0 Å². The molecule has 0 amide bonds. The lowest BCUT2D eigenvalue weighted by Crippen LogP contribution is -2.21. The van der Waals surface area contributed by atoms with Crippen molar-refractivity contribution >= 4 is 27.5 Å². The van der Waals surface area contributed by atoms with Crippen molar-refractivity contribution < 1.29 is 0 Å². The van der Waals surface area contributed by atoms with Gasteiger partial charge in [0.2, 0.25) is 0 Å². The Morgan fingerprint density at radius 2 is 2.31 bits per heavy atom. The molecule has 0 aromatic carbocycles. The number of halogens is 2. The number of rotatable bonds is 4. The molecule has 1 heterocycles. The molecule has 2 unspecified atom stereocenters. The van der Waals surface area contributed by atoms with Gasteiger partial charge in [-0.2, -0.15) is 0 Å². The van der Waals surface area contributed by atoms with E-state index in [2.05, 4.69) is 26.2 Å². The number of alkyl halides is 1. The molecule has 1 N–H and O–H groups in total. The Bertz CT molecular complexity index is 328.